The molecule has 0 spiro atoms. The smallest absolute Gasteiger partial charge is 0.301 e. The molecule has 0 aliphatic heterocycles. The van der Waals surface area contributed by atoms with Crippen LogP contribution in [0.2, 0.25) is 0 Å². The van der Waals surface area contributed by atoms with Crippen molar-refractivity contribution in [2.75, 3.05) is 0 Å². The lowest BCUT2D eigenvalue weighted by molar-refractivity contribution is 0.0927. The summed E-state index contributed by atoms with van der Waals surface area (Å²) in [5, 5.41) is 0. The molecule has 0 unspecified atom stereocenters. The van der Waals surface area contributed by atoms with Gasteiger partial charge in [0.2, 0.25) is 0 Å². The van der Waals surface area contributed by atoms with Gasteiger partial charge in [-0.1, -0.05) is 12.1 Å². The maximum absolute atomic E-state index is 11.7. The summed E-state index contributed by atoms with van der Waals surface area (Å²) < 4.78 is 11.0. The van der Waals surface area contributed by atoms with Crippen LogP contribution in [-0.2, 0) is 6.61 Å². The Hall–Kier alpha value is -3.12. The highest BCUT2D eigenvalue weighted by molar-refractivity contribution is 5.97. The zero-order valence-electron chi connectivity index (χ0n) is 12.2. The van der Waals surface area contributed by atoms with Crippen LogP contribution in [-0.4, -0.2) is 10.9 Å². The van der Waals surface area contributed by atoms with Gasteiger partial charge in [-0.3, -0.25) is 15.2 Å². The monoisotopic (exact) mass is 309 g/mol. The highest BCUT2D eigenvalue weighted by atomic mass is 16.5. The molecule has 0 fully saturated rings. The molecule has 116 valence electrons. The van der Waals surface area contributed by atoms with Gasteiger partial charge in [0.25, 0.3) is 0 Å². The van der Waals surface area contributed by atoms with Gasteiger partial charge >= 0.3 is 5.91 Å². The minimum atomic E-state index is -0.479. The molecule has 0 aliphatic carbocycles. The number of pyridine rings is 1. The molecule has 3 rings (SSSR count). The number of amides is 1. The molecule has 0 atom stereocenters. The van der Waals surface area contributed by atoms with Crippen LogP contribution in [0.1, 0.15) is 16.1 Å². The Bertz CT molecular complexity index is 800. The number of carbonyl (C=O) groups excluding carboxylic acids is 1. The van der Waals surface area contributed by atoms with Crippen molar-refractivity contribution in [1.82, 2.24) is 10.4 Å². The second kappa shape index (κ2) is 6.76. The second-order valence-electron chi connectivity index (χ2n) is 4.81. The molecule has 0 bridgehead atoms. The number of hydrazine groups is 1. The Balaban J connectivity index is 1.80. The van der Waals surface area contributed by atoms with E-state index in [2.05, 4.69) is 10.4 Å². The maximum Gasteiger partial charge on any atom is 0.301 e. The number of hydrogen-bond acceptors (Lipinski definition) is 5. The van der Waals surface area contributed by atoms with Crippen LogP contribution in [0.3, 0.4) is 0 Å². The number of benzene rings is 1. The Morgan fingerprint density at radius 3 is 2.83 bits per heavy atom. The number of furan rings is 1. The Morgan fingerprint density at radius 2 is 2.04 bits per heavy atom. The molecule has 3 N–H and O–H groups in total. The summed E-state index contributed by atoms with van der Waals surface area (Å²) in [5.41, 5.74) is 4.56. The van der Waals surface area contributed by atoms with Gasteiger partial charge in [0.05, 0.1) is 6.26 Å². The summed E-state index contributed by atoms with van der Waals surface area (Å²) in [6, 6.07) is 12.9. The van der Waals surface area contributed by atoms with Gasteiger partial charge in [-0.05, 0) is 41.5 Å². The van der Waals surface area contributed by atoms with E-state index in [-0.39, 0.29) is 5.76 Å². The van der Waals surface area contributed by atoms with E-state index in [0.29, 0.717) is 17.9 Å². The SMILES string of the molecule is NNC(=O)c1occc1-c1cccc(OCc2ccncc2)c1. The molecule has 0 radical (unpaired) electrons. The van der Waals surface area contributed by atoms with Crippen LogP contribution >= 0.6 is 0 Å². The van der Waals surface area contributed by atoms with Gasteiger partial charge in [0.1, 0.15) is 12.4 Å². The number of nitrogen functional groups attached to an aromatic ring is 1. The van der Waals surface area contributed by atoms with Crippen LogP contribution in [0, 0.1) is 0 Å². The minimum Gasteiger partial charge on any atom is -0.489 e. The fourth-order valence-corrected chi connectivity index (χ4v) is 2.18. The molecule has 0 aliphatic rings. The largest absolute Gasteiger partial charge is 0.489 e. The molecule has 1 amide bonds. The fourth-order valence-electron chi connectivity index (χ4n) is 2.18. The van der Waals surface area contributed by atoms with Crippen LogP contribution < -0.4 is 16.0 Å². The second-order valence-corrected chi connectivity index (χ2v) is 4.81. The van der Waals surface area contributed by atoms with Gasteiger partial charge < -0.3 is 9.15 Å². The molecule has 3 aromatic rings. The zero-order valence-corrected chi connectivity index (χ0v) is 12.2. The maximum atomic E-state index is 11.7. The normalized spacial score (nSPS) is 10.3. The third-order valence-corrected chi connectivity index (χ3v) is 3.30. The summed E-state index contributed by atoms with van der Waals surface area (Å²) in [5.74, 6) is 5.54. The molecule has 2 aromatic heterocycles. The van der Waals surface area contributed by atoms with Crippen LogP contribution in [0.15, 0.2) is 65.5 Å². The zero-order chi connectivity index (χ0) is 16.1. The number of hydrogen-bond donors (Lipinski definition) is 2. The van der Waals surface area contributed by atoms with Gasteiger partial charge in [-0.15, -0.1) is 0 Å². The molecular formula is C17H15N3O3. The number of rotatable bonds is 5. The Kier molecular flexibility index (Phi) is 4.35. The molecular weight excluding hydrogens is 294 g/mol. The van der Waals surface area contributed by atoms with Crippen LogP contribution in [0.25, 0.3) is 11.1 Å². The van der Waals surface area contributed by atoms with Crippen molar-refractivity contribution in [2.45, 2.75) is 6.61 Å². The van der Waals surface area contributed by atoms with Crippen LogP contribution in [0.4, 0.5) is 0 Å². The minimum absolute atomic E-state index is 0.166. The van der Waals surface area contributed by atoms with Crippen molar-refractivity contribution in [1.29, 1.82) is 0 Å². The molecule has 23 heavy (non-hydrogen) atoms. The van der Waals surface area contributed by atoms with E-state index in [1.165, 1.54) is 6.26 Å². The van der Waals surface area contributed by atoms with Crippen molar-refractivity contribution < 1.29 is 13.9 Å². The van der Waals surface area contributed by atoms with Crippen molar-refractivity contribution >= 4 is 5.91 Å². The first-order chi connectivity index (χ1) is 11.3. The van der Waals surface area contributed by atoms with E-state index in [9.17, 15) is 4.79 Å². The summed E-state index contributed by atoms with van der Waals surface area (Å²) in [4.78, 5) is 15.7. The number of nitrogens with one attached hydrogen (secondary N) is 1. The highest BCUT2D eigenvalue weighted by Crippen LogP contribution is 2.28. The standard InChI is InChI=1S/C17H15N3O3/c18-20-17(21)16-15(6-9-22-16)13-2-1-3-14(10-13)23-11-12-4-7-19-8-5-12/h1-10H,11,18H2,(H,20,21). The molecule has 0 saturated carbocycles. The summed E-state index contributed by atoms with van der Waals surface area (Å²) >= 11 is 0. The van der Waals surface area contributed by atoms with Crippen molar-refractivity contribution in [3.8, 4) is 16.9 Å². The highest BCUT2D eigenvalue weighted by Gasteiger charge is 2.16. The quantitative estimate of drug-likeness (QED) is 0.429. The first-order valence-electron chi connectivity index (χ1n) is 6.98. The predicted molar refractivity (Wildman–Crippen MR) is 84.4 cm³/mol. The molecule has 6 nitrogen and oxygen atoms in total. The molecule has 6 heteroatoms. The van der Waals surface area contributed by atoms with Gasteiger partial charge in [-0.2, -0.15) is 0 Å². The number of carbonyl (C=O) groups is 1. The lowest BCUT2D eigenvalue weighted by Gasteiger charge is -2.08. The summed E-state index contributed by atoms with van der Waals surface area (Å²) in [6.45, 7) is 0.438. The van der Waals surface area contributed by atoms with E-state index in [1.54, 1.807) is 18.5 Å². The third-order valence-electron chi connectivity index (χ3n) is 3.30. The van der Waals surface area contributed by atoms with E-state index >= 15 is 0 Å². The topological polar surface area (TPSA) is 90.4 Å². The molecule has 2 heterocycles. The van der Waals surface area contributed by atoms with E-state index < -0.39 is 5.91 Å². The van der Waals surface area contributed by atoms with Gasteiger partial charge in [0.15, 0.2) is 5.76 Å². The predicted octanol–water partition coefficient (Wildman–Crippen LogP) is 2.52. The van der Waals surface area contributed by atoms with Crippen LogP contribution in [0.5, 0.6) is 5.75 Å². The number of nitrogens with zero attached hydrogens (tertiary/aromatic N) is 1. The van der Waals surface area contributed by atoms with Gasteiger partial charge in [0, 0.05) is 18.0 Å². The van der Waals surface area contributed by atoms with E-state index in [0.717, 1.165) is 11.1 Å². The van der Waals surface area contributed by atoms with Crippen molar-refractivity contribution in [3.05, 3.63) is 72.4 Å². The van der Waals surface area contributed by atoms with Crippen molar-refractivity contribution in [2.24, 2.45) is 5.84 Å². The third kappa shape index (κ3) is 3.38. The Morgan fingerprint density at radius 1 is 1.22 bits per heavy atom. The summed E-state index contributed by atoms with van der Waals surface area (Å²) in [6.07, 6.45) is 4.89. The van der Waals surface area contributed by atoms with E-state index in [4.69, 9.17) is 15.0 Å². The lowest BCUT2D eigenvalue weighted by Crippen LogP contribution is -2.29. The lowest BCUT2D eigenvalue weighted by atomic mass is 10.1. The number of nitrogens with two attached hydrogens (primary N) is 1. The first kappa shape index (κ1) is 14.8. The number of aromatic nitrogens is 1. The Labute approximate surface area is 132 Å². The average molecular weight is 309 g/mol. The summed E-state index contributed by atoms with van der Waals surface area (Å²) in [7, 11) is 0. The van der Waals surface area contributed by atoms with Crippen molar-refractivity contribution in [3.63, 3.8) is 0 Å². The average Bonchev–Trinajstić information content (AvgIpc) is 3.10. The molecule has 0 saturated heterocycles. The first-order valence-corrected chi connectivity index (χ1v) is 6.98. The van der Waals surface area contributed by atoms with Gasteiger partial charge in [-0.25, -0.2) is 5.84 Å². The van der Waals surface area contributed by atoms with E-state index in [1.807, 2.05) is 36.4 Å². The molecule has 1 aromatic carbocycles. The fraction of sp³-hybridized carbons (Fsp3) is 0.0588. The number of ether oxygens (including phenoxy) is 1.